The molecule has 1 aliphatic heterocycles. The van der Waals surface area contributed by atoms with Crippen LogP contribution in [0.15, 0.2) is 84.6 Å². The summed E-state index contributed by atoms with van der Waals surface area (Å²) < 4.78 is 18.7. The topological polar surface area (TPSA) is 58.6 Å². The Balaban J connectivity index is 1.71. The van der Waals surface area contributed by atoms with Crippen molar-refractivity contribution in [3.63, 3.8) is 0 Å². The fraction of sp³-hybridized carbons (Fsp3) is 0.120. The van der Waals surface area contributed by atoms with Crippen molar-refractivity contribution in [3.05, 3.63) is 102 Å². The van der Waals surface area contributed by atoms with Crippen LogP contribution < -0.4 is 10.1 Å². The number of halogens is 1. The maximum atomic E-state index is 13.4. The Morgan fingerprint density at radius 2 is 1.55 bits per heavy atom. The minimum Gasteiger partial charge on any atom is -0.496 e. The van der Waals surface area contributed by atoms with Gasteiger partial charge in [-0.1, -0.05) is 48.5 Å². The summed E-state index contributed by atoms with van der Waals surface area (Å²) in [5, 5.41) is 3.02. The SMILES string of the molecule is COc1ccccc1C1=C(Nc2ccc(F)cc2)C(=O)N(CCc2ccccc2)C1=O. The fourth-order valence-corrected chi connectivity index (χ4v) is 3.56. The van der Waals surface area contributed by atoms with Crippen molar-refractivity contribution in [1.82, 2.24) is 4.90 Å². The van der Waals surface area contributed by atoms with Crippen LogP contribution in [0.2, 0.25) is 0 Å². The zero-order valence-electron chi connectivity index (χ0n) is 17.0. The summed E-state index contributed by atoms with van der Waals surface area (Å²) >= 11 is 0. The average molecular weight is 416 g/mol. The van der Waals surface area contributed by atoms with Gasteiger partial charge in [0.2, 0.25) is 0 Å². The Morgan fingerprint density at radius 1 is 0.871 bits per heavy atom. The van der Waals surface area contributed by atoms with E-state index in [-0.39, 0.29) is 23.6 Å². The maximum absolute atomic E-state index is 13.4. The lowest BCUT2D eigenvalue weighted by Crippen LogP contribution is -2.34. The van der Waals surface area contributed by atoms with Crippen molar-refractivity contribution in [3.8, 4) is 5.75 Å². The Labute approximate surface area is 179 Å². The molecule has 3 aromatic carbocycles. The van der Waals surface area contributed by atoms with Gasteiger partial charge in [0.1, 0.15) is 17.3 Å². The van der Waals surface area contributed by atoms with Gasteiger partial charge in [-0.2, -0.15) is 0 Å². The van der Waals surface area contributed by atoms with Crippen LogP contribution in [0.25, 0.3) is 5.57 Å². The Morgan fingerprint density at radius 3 is 2.26 bits per heavy atom. The molecule has 0 spiro atoms. The molecule has 4 rings (SSSR count). The number of methoxy groups -OCH3 is 1. The Kier molecular flexibility index (Phi) is 5.80. The zero-order valence-corrected chi connectivity index (χ0v) is 17.0. The number of anilines is 1. The van der Waals surface area contributed by atoms with Crippen LogP contribution in [0.4, 0.5) is 10.1 Å². The van der Waals surface area contributed by atoms with E-state index in [1.165, 1.54) is 36.3 Å². The van der Waals surface area contributed by atoms with Gasteiger partial charge in [0, 0.05) is 17.8 Å². The van der Waals surface area contributed by atoms with Crippen molar-refractivity contribution in [2.75, 3.05) is 19.0 Å². The third-order valence-electron chi connectivity index (χ3n) is 5.12. The Hall–Kier alpha value is -3.93. The third-order valence-corrected chi connectivity index (χ3v) is 5.12. The summed E-state index contributed by atoms with van der Waals surface area (Å²) in [7, 11) is 1.51. The van der Waals surface area contributed by atoms with E-state index in [4.69, 9.17) is 4.74 Å². The average Bonchev–Trinajstić information content (AvgIpc) is 3.03. The molecule has 1 aliphatic rings. The van der Waals surface area contributed by atoms with Crippen molar-refractivity contribution in [2.45, 2.75) is 6.42 Å². The molecule has 31 heavy (non-hydrogen) atoms. The minimum absolute atomic E-state index is 0.147. The van der Waals surface area contributed by atoms with Gasteiger partial charge in [-0.25, -0.2) is 4.39 Å². The molecule has 0 atom stereocenters. The molecule has 6 heteroatoms. The van der Waals surface area contributed by atoms with Crippen molar-refractivity contribution >= 4 is 23.1 Å². The first-order chi connectivity index (χ1) is 15.1. The third kappa shape index (κ3) is 4.19. The number of amides is 2. The monoisotopic (exact) mass is 416 g/mol. The largest absolute Gasteiger partial charge is 0.496 e. The predicted octanol–water partition coefficient (Wildman–Crippen LogP) is 4.27. The van der Waals surface area contributed by atoms with Gasteiger partial charge in [-0.3, -0.25) is 14.5 Å². The number of nitrogens with one attached hydrogen (secondary N) is 1. The van der Waals surface area contributed by atoms with Crippen LogP contribution in [-0.4, -0.2) is 30.4 Å². The van der Waals surface area contributed by atoms with E-state index in [1.807, 2.05) is 30.3 Å². The molecule has 0 radical (unpaired) electrons. The molecule has 3 aromatic rings. The number of hydrogen-bond donors (Lipinski definition) is 1. The Bertz CT molecular complexity index is 1140. The normalized spacial score (nSPS) is 13.7. The molecule has 0 aliphatic carbocycles. The minimum atomic E-state index is -0.425. The molecule has 0 fully saturated rings. The first kappa shape index (κ1) is 20.3. The van der Waals surface area contributed by atoms with Crippen LogP contribution in [0.5, 0.6) is 5.75 Å². The first-order valence-electron chi connectivity index (χ1n) is 9.89. The molecular formula is C25H21FN2O3. The van der Waals surface area contributed by atoms with E-state index >= 15 is 0 Å². The summed E-state index contributed by atoms with van der Waals surface area (Å²) in [6.45, 7) is 0.245. The molecule has 2 amide bonds. The van der Waals surface area contributed by atoms with Gasteiger partial charge >= 0.3 is 0 Å². The summed E-state index contributed by atoms with van der Waals surface area (Å²) in [6.07, 6.45) is 0.543. The highest BCUT2D eigenvalue weighted by atomic mass is 19.1. The molecule has 5 nitrogen and oxygen atoms in total. The summed E-state index contributed by atoms with van der Waals surface area (Å²) in [4.78, 5) is 27.9. The van der Waals surface area contributed by atoms with E-state index in [1.54, 1.807) is 24.3 Å². The molecule has 0 saturated carbocycles. The first-order valence-corrected chi connectivity index (χ1v) is 9.89. The van der Waals surface area contributed by atoms with Crippen molar-refractivity contribution in [1.29, 1.82) is 0 Å². The zero-order chi connectivity index (χ0) is 21.8. The van der Waals surface area contributed by atoms with Gasteiger partial charge in [-0.05, 0) is 42.3 Å². The molecule has 156 valence electrons. The molecule has 1 N–H and O–H groups in total. The van der Waals surface area contributed by atoms with E-state index in [2.05, 4.69) is 5.32 Å². The van der Waals surface area contributed by atoms with E-state index in [0.29, 0.717) is 23.4 Å². The van der Waals surface area contributed by atoms with Crippen LogP contribution in [0.1, 0.15) is 11.1 Å². The number of carbonyl (C=O) groups is 2. The number of carbonyl (C=O) groups excluding carboxylic acids is 2. The van der Waals surface area contributed by atoms with Crippen molar-refractivity contribution < 1.29 is 18.7 Å². The van der Waals surface area contributed by atoms with Crippen LogP contribution in [-0.2, 0) is 16.0 Å². The smallest absolute Gasteiger partial charge is 0.278 e. The van der Waals surface area contributed by atoms with E-state index in [0.717, 1.165) is 5.56 Å². The van der Waals surface area contributed by atoms with E-state index < -0.39 is 11.8 Å². The maximum Gasteiger partial charge on any atom is 0.278 e. The summed E-state index contributed by atoms with van der Waals surface area (Å²) in [6, 6.07) is 22.4. The quantitative estimate of drug-likeness (QED) is 0.585. The second-order valence-corrected chi connectivity index (χ2v) is 7.08. The number of rotatable bonds is 7. The second-order valence-electron chi connectivity index (χ2n) is 7.08. The highest BCUT2D eigenvalue weighted by Crippen LogP contribution is 2.35. The number of imide groups is 1. The molecule has 0 unspecified atom stereocenters. The molecule has 1 heterocycles. The molecular weight excluding hydrogens is 395 g/mol. The number of para-hydroxylation sites is 1. The lowest BCUT2D eigenvalue weighted by molar-refractivity contribution is -0.136. The molecule has 0 saturated heterocycles. The van der Waals surface area contributed by atoms with Crippen molar-refractivity contribution in [2.24, 2.45) is 0 Å². The van der Waals surface area contributed by atoms with Crippen LogP contribution in [0, 0.1) is 5.82 Å². The summed E-state index contributed by atoms with van der Waals surface area (Å²) in [5.74, 6) is -0.717. The van der Waals surface area contributed by atoms with Gasteiger partial charge in [0.05, 0.1) is 12.7 Å². The number of benzene rings is 3. The lowest BCUT2D eigenvalue weighted by atomic mass is 10.0. The van der Waals surface area contributed by atoms with Gasteiger partial charge in [-0.15, -0.1) is 0 Å². The molecule has 0 bridgehead atoms. The van der Waals surface area contributed by atoms with Crippen LogP contribution >= 0.6 is 0 Å². The van der Waals surface area contributed by atoms with Crippen LogP contribution in [0.3, 0.4) is 0 Å². The van der Waals surface area contributed by atoms with Gasteiger partial charge in [0.25, 0.3) is 11.8 Å². The highest BCUT2D eigenvalue weighted by molar-refractivity contribution is 6.37. The number of ether oxygens (including phenoxy) is 1. The second kappa shape index (κ2) is 8.83. The van der Waals surface area contributed by atoms with Gasteiger partial charge < -0.3 is 10.1 Å². The highest BCUT2D eigenvalue weighted by Gasteiger charge is 2.39. The number of nitrogens with zero attached hydrogens (tertiary/aromatic N) is 1. The lowest BCUT2D eigenvalue weighted by Gasteiger charge is -2.15. The molecule has 0 aromatic heterocycles. The predicted molar refractivity (Wildman–Crippen MR) is 117 cm³/mol. The summed E-state index contributed by atoms with van der Waals surface area (Å²) in [5.41, 5.74) is 2.45. The van der Waals surface area contributed by atoms with E-state index in [9.17, 15) is 14.0 Å². The number of hydrogen-bond acceptors (Lipinski definition) is 4. The fourth-order valence-electron chi connectivity index (χ4n) is 3.56. The van der Waals surface area contributed by atoms with Gasteiger partial charge in [0.15, 0.2) is 0 Å². The standard InChI is InChI=1S/C25H21FN2O3/c1-31-21-10-6-5-9-20(21)22-23(27-19-13-11-18(26)12-14-19)25(30)28(24(22)29)16-15-17-7-3-2-4-8-17/h2-14,27H,15-16H2,1H3.